The second kappa shape index (κ2) is 10.1. The highest BCUT2D eigenvalue weighted by Gasteiger charge is 2.44. The van der Waals surface area contributed by atoms with Crippen LogP contribution in [-0.2, 0) is 23.9 Å². The summed E-state index contributed by atoms with van der Waals surface area (Å²) in [6, 6.07) is 1.10. The maximum absolute atomic E-state index is 15.3. The van der Waals surface area contributed by atoms with Crippen molar-refractivity contribution in [2.24, 2.45) is 0 Å². The van der Waals surface area contributed by atoms with Crippen molar-refractivity contribution in [3.8, 4) is 6.01 Å². The highest BCUT2D eigenvalue weighted by Crippen LogP contribution is 2.45. The molecule has 5 heterocycles. The minimum Gasteiger partial charge on any atom is -0.461 e. The number of fused-ring (bicyclic) bond motifs is 2. The Morgan fingerprint density at radius 1 is 1.22 bits per heavy atom. The minimum absolute atomic E-state index is 0.103. The van der Waals surface area contributed by atoms with Gasteiger partial charge in [0.1, 0.15) is 12.4 Å². The summed E-state index contributed by atoms with van der Waals surface area (Å²) in [7, 11) is 0. The van der Waals surface area contributed by atoms with E-state index in [4.69, 9.17) is 20.2 Å². The summed E-state index contributed by atoms with van der Waals surface area (Å²) in [5, 5.41) is 10.8. The van der Waals surface area contributed by atoms with Crippen LogP contribution in [0.3, 0.4) is 0 Å². The van der Waals surface area contributed by atoms with Crippen molar-refractivity contribution in [3.63, 3.8) is 0 Å². The van der Waals surface area contributed by atoms with Gasteiger partial charge in [-0.1, -0.05) is 12.2 Å². The quantitative estimate of drug-likeness (QED) is 0.305. The zero-order valence-electron chi connectivity index (χ0n) is 23.2. The van der Waals surface area contributed by atoms with Gasteiger partial charge in [-0.2, -0.15) is 23.1 Å². The fourth-order valence-electron chi connectivity index (χ4n) is 6.89. The maximum atomic E-state index is 15.3. The number of nitrogen functional groups attached to an aromatic ring is 1. The van der Waals surface area contributed by atoms with Crippen LogP contribution in [0, 0.1) is 12.7 Å². The molecule has 0 aliphatic carbocycles. The molecule has 8 nitrogen and oxygen atoms in total. The largest absolute Gasteiger partial charge is 0.461 e. The monoisotopic (exact) mass is 577 g/mol. The normalized spacial score (nSPS) is 28.2. The van der Waals surface area contributed by atoms with Crippen molar-refractivity contribution >= 4 is 11.5 Å². The van der Waals surface area contributed by atoms with E-state index in [2.05, 4.69) is 22.0 Å². The zero-order valence-corrected chi connectivity index (χ0v) is 23.2. The van der Waals surface area contributed by atoms with Crippen LogP contribution >= 0.6 is 0 Å². The van der Waals surface area contributed by atoms with Gasteiger partial charge >= 0.3 is 12.2 Å². The third-order valence-electron chi connectivity index (χ3n) is 8.84. The molecule has 2 fully saturated rings. The average molecular weight is 578 g/mol. The van der Waals surface area contributed by atoms with Crippen LogP contribution in [0.15, 0.2) is 18.2 Å². The molecule has 4 aliphatic rings. The van der Waals surface area contributed by atoms with Crippen LogP contribution in [0.4, 0.5) is 29.1 Å². The van der Waals surface area contributed by atoms with Crippen molar-refractivity contribution < 1.29 is 32.1 Å². The van der Waals surface area contributed by atoms with Crippen molar-refractivity contribution in [2.75, 3.05) is 43.4 Å². The number of hydrogen-bond acceptors (Lipinski definition) is 8. The zero-order chi connectivity index (χ0) is 29.2. The number of aliphatic hydroxyl groups is 1. The molecule has 4 aliphatic heterocycles. The van der Waals surface area contributed by atoms with Gasteiger partial charge in [0.15, 0.2) is 5.82 Å². The van der Waals surface area contributed by atoms with E-state index in [1.54, 1.807) is 6.92 Å². The second-order valence-electron chi connectivity index (χ2n) is 12.0. The number of rotatable bonds is 5. The number of β-amino-alcohol motifs (C(OH)–C–C–N with tert-alkyl or cyclic N) is 1. The molecule has 41 heavy (non-hydrogen) atoms. The Bertz CT molecular complexity index is 1380. The average Bonchev–Trinajstić information content (AvgIpc) is 3.48. The lowest BCUT2D eigenvalue weighted by atomic mass is 9.91. The molecule has 12 heteroatoms. The summed E-state index contributed by atoms with van der Waals surface area (Å²) in [5.41, 5.74) is 3.40. The molecule has 0 bridgehead atoms. The van der Waals surface area contributed by atoms with E-state index in [-0.39, 0.29) is 35.8 Å². The standard InChI is InChI=1S/C29H35F4N5O3/c1-17-12-19(34)24(30)22(23(17)29(31,32)33)21-13-20-18(14-40-21)25(37-9-3-6-27(2,39)15-37)36-26(35-20)41-16-28-7-4-10-38(28)11-5-8-28/h4,7,12,21,39H,3,5-6,8-11,13-16,34H2,1-2H3/t21-,27+,28+/m0/s1. The van der Waals surface area contributed by atoms with Gasteiger partial charge in [0.05, 0.1) is 40.8 Å². The Hall–Kier alpha value is -2.96. The number of hydrogen-bond donors (Lipinski definition) is 2. The molecule has 0 spiro atoms. The number of anilines is 2. The van der Waals surface area contributed by atoms with Gasteiger partial charge in [-0.25, -0.2) is 4.39 Å². The summed E-state index contributed by atoms with van der Waals surface area (Å²) in [6.07, 6.45) is 1.47. The summed E-state index contributed by atoms with van der Waals surface area (Å²) in [5.74, 6) is -0.617. The summed E-state index contributed by atoms with van der Waals surface area (Å²) in [6.45, 7) is 6.01. The molecule has 222 valence electrons. The van der Waals surface area contributed by atoms with Gasteiger partial charge in [0.2, 0.25) is 0 Å². The molecular formula is C29H35F4N5O3. The number of alkyl halides is 3. The van der Waals surface area contributed by atoms with Gasteiger partial charge in [-0.3, -0.25) is 4.90 Å². The van der Waals surface area contributed by atoms with Gasteiger partial charge in [-0.05, 0) is 57.7 Å². The smallest absolute Gasteiger partial charge is 0.417 e. The molecule has 1 aromatic heterocycles. The molecule has 2 aromatic rings. The van der Waals surface area contributed by atoms with Crippen molar-refractivity contribution in [3.05, 3.63) is 52.0 Å². The SMILES string of the molecule is Cc1cc(N)c(F)c([C@@H]2Cc3nc(OC[C@]45C=CCN4CCC5)nc(N4CCC[C@@](C)(O)C4)c3CO2)c1C(F)(F)F. The van der Waals surface area contributed by atoms with E-state index in [0.717, 1.165) is 38.4 Å². The summed E-state index contributed by atoms with van der Waals surface area (Å²) in [4.78, 5) is 13.7. The fourth-order valence-corrected chi connectivity index (χ4v) is 6.89. The van der Waals surface area contributed by atoms with Crippen molar-refractivity contribution in [1.82, 2.24) is 14.9 Å². The highest BCUT2D eigenvalue weighted by molar-refractivity contribution is 5.55. The molecule has 0 saturated carbocycles. The molecule has 0 amide bonds. The van der Waals surface area contributed by atoms with E-state index in [1.807, 2.05) is 4.90 Å². The van der Waals surface area contributed by atoms with Crippen LogP contribution in [0.5, 0.6) is 6.01 Å². The Labute approximate surface area is 236 Å². The lowest BCUT2D eigenvalue weighted by molar-refractivity contribution is -0.140. The highest BCUT2D eigenvalue weighted by atomic mass is 19.4. The number of benzene rings is 1. The van der Waals surface area contributed by atoms with Crippen LogP contribution in [0.1, 0.15) is 66.7 Å². The van der Waals surface area contributed by atoms with E-state index in [9.17, 15) is 18.3 Å². The van der Waals surface area contributed by atoms with Crippen molar-refractivity contribution in [2.45, 2.75) is 76.0 Å². The lowest BCUT2D eigenvalue weighted by Crippen LogP contribution is -2.47. The minimum atomic E-state index is -4.80. The number of nitrogens with zero attached hydrogens (tertiary/aromatic N) is 4. The van der Waals surface area contributed by atoms with Crippen molar-refractivity contribution in [1.29, 1.82) is 0 Å². The summed E-state index contributed by atoms with van der Waals surface area (Å²) >= 11 is 0. The van der Waals surface area contributed by atoms with Crippen LogP contribution in [0.25, 0.3) is 0 Å². The predicted octanol–water partition coefficient (Wildman–Crippen LogP) is 4.47. The van der Waals surface area contributed by atoms with Gasteiger partial charge in [-0.15, -0.1) is 0 Å². The molecule has 3 atom stereocenters. The summed E-state index contributed by atoms with van der Waals surface area (Å²) < 4.78 is 69.8. The lowest BCUT2D eigenvalue weighted by Gasteiger charge is -2.39. The number of ether oxygens (including phenoxy) is 2. The predicted molar refractivity (Wildman–Crippen MR) is 144 cm³/mol. The Morgan fingerprint density at radius 2 is 2.00 bits per heavy atom. The first-order chi connectivity index (χ1) is 19.4. The number of piperidine rings is 1. The van der Waals surface area contributed by atoms with Crippen LogP contribution in [0.2, 0.25) is 0 Å². The third kappa shape index (κ3) is 5.14. The first kappa shape index (κ1) is 28.2. The van der Waals surface area contributed by atoms with Crippen LogP contribution in [-0.4, -0.2) is 63.9 Å². The Balaban J connectivity index is 1.38. The Morgan fingerprint density at radius 3 is 2.76 bits per heavy atom. The molecule has 2 saturated heterocycles. The number of aromatic nitrogens is 2. The third-order valence-corrected chi connectivity index (χ3v) is 8.84. The number of halogens is 4. The van der Waals surface area contributed by atoms with Crippen LogP contribution < -0.4 is 15.4 Å². The molecule has 6 rings (SSSR count). The van der Waals surface area contributed by atoms with Gasteiger partial charge in [0.25, 0.3) is 0 Å². The van der Waals surface area contributed by atoms with E-state index < -0.39 is 34.8 Å². The fraction of sp³-hybridized carbons (Fsp3) is 0.586. The first-order valence-electron chi connectivity index (χ1n) is 14.1. The van der Waals surface area contributed by atoms with E-state index >= 15 is 4.39 Å². The van der Waals surface area contributed by atoms with Gasteiger partial charge in [0, 0.05) is 37.2 Å². The van der Waals surface area contributed by atoms with E-state index in [1.165, 1.54) is 6.92 Å². The molecule has 1 aromatic carbocycles. The number of nitrogens with two attached hydrogens (primary N) is 1. The topological polar surface area (TPSA) is 97.0 Å². The van der Waals surface area contributed by atoms with Gasteiger partial charge < -0.3 is 25.2 Å². The molecular weight excluding hydrogens is 542 g/mol. The maximum Gasteiger partial charge on any atom is 0.417 e. The molecule has 0 unspecified atom stereocenters. The van der Waals surface area contributed by atoms with E-state index in [0.29, 0.717) is 43.2 Å². The molecule has 0 radical (unpaired) electrons. The second-order valence-corrected chi connectivity index (χ2v) is 12.0. The number of aryl methyl sites for hydroxylation is 1. The first-order valence-corrected chi connectivity index (χ1v) is 14.1. The molecule has 3 N–H and O–H groups in total. The Kier molecular flexibility index (Phi) is 6.94.